The van der Waals surface area contributed by atoms with E-state index in [1.165, 1.54) is 0 Å². The van der Waals surface area contributed by atoms with E-state index in [2.05, 4.69) is 0 Å². The molecule has 1 rings (SSSR count). The van der Waals surface area contributed by atoms with Gasteiger partial charge in [-0.3, -0.25) is 4.79 Å². The van der Waals surface area contributed by atoms with Crippen molar-refractivity contribution in [2.45, 2.75) is 31.9 Å². The summed E-state index contributed by atoms with van der Waals surface area (Å²) in [5.74, 6) is -0.122. The van der Waals surface area contributed by atoms with Crippen molar-refractivity contribution in [2.75, 3.05) is 0 Å². The highest BCUT2D eigenvalue weighted by molar-refractivity contribution is 5.87. The van der Waals surface area contributed by atoms with Crippen LogP contribution in [0.15, 0.2) is 0 Å². The maximum Gasteiger partial charge on any atom is 0.389 e. The number of ketones is 1. The average molecular weight is 191 g/mol. The second kappa shape index (κ2) is 3.02. The summed E-state index contributed by atoms with van der Waals surface area (Å²) >= 11 is 0. The Kier molecular flexibility index (Phi) is 2.33. The van der Waals surface area contributed by atoms with E-state index in [0.29, 0.717) is 0 Å². The molecule has 0 aromatic heterocycles. The highest BCUT2D eigenvalue weighted by atomic mass is 19.4. The molecule has 1 fully saturated rings. The van der Waals surface area contributed by atoms with Crippen LogP contribution in [0.1, 0.15) is 25.7 Å². The fraction of sp³-hybridized carbons (Fsp3) is 0.750. The van der Waals surface area contributed by atoms with Crippen LogP contribution in [0, 0.1) is 16.7 Å². The molecule has 5 heteroatoms. The van der Waals surface area contributed by atoms with Gasteiger partial charge in [0.2, 0.25) is 0 Å². The van der Waals surface area contributed by atoms with Crippen LogP contribution in [0.4, 0.5) is 13.2 Å². The largest absolute Gasteiger partial charge is 0.389 e. The van der Waals surface area contributed by atoms with E-state index < -0.39 is 18.0 Å². The van der Waals surface area contributed by atoms with Crippen molar-refractivity contribution in [3.8, 4) is 6.07 Å². The molecule has 0 aliphatic heterocycles. The minimum Gasteiger partial charge on any atom is -0.300 e. The lowest BCUT2D eigenvalue weighted by Crippen LogP contribution is -2.37. The number of rotatable bonds is 2. The van der Waals surface area contributed by atoms with Gasteiger partial charge >= 0.3 is 6.18 Å². The molecule has 0 radical (unpaired) electrons. The van der Waals surface area contributed by atoms with Crippen LogP contribution in [-0.2, 0) is 4.79 Å². The molecule has 0 aromatic carbocycles. The molecule has 1 aliphatic rings. The summed E-state index contributed by atoms with van der Waals surface area (Å²) in [4.78, 5) is 10.6. The standard InChI is InChI=1S/C8H8F3NO/c9-8(10,11)2-1-7(5-12)3-6(13)4-7/h1-4H2. The van der Waals surface area contributed by atoms with Gasteiger partial charge in [0.25, 0.3) is 0 Å². The van der Waals surface area contributed by atoms with Gasteiger partial charge in [-0.2, -0.15) is 18.4 Å². The number of hydrogen-bond acceptors (Lipinski definition) is 2. The Bertz CT molecular complexity index is 256. The van der Waals surface area contributed by atoms with Crippen molar-refractivity contribution in [1.29, 1.82) is 5.26 Å². The quantitative estimate of drug-likeness (QED) is 0.671. The Hall–Kier alpha value is -1.05. The van der Waals surface area contributed by atoms with E-state index in [4.69, 9.17) is 5.26 Å². The van der Waals surface area contributed by atoms with Gasteiger partial charge in [0.15, 0.2) is 0 Å². The van der Waals surface area contributed by atoms with Crippen molar-refractivity contribution in [3.63, 3.8) is 0 Å². The molecule has 2 nitrogen and oxygen atoms in total. The third-order valence-corrected chi connectivity index (χ3v) is 2.20. The number of halogens is 3. The molecule has 0 aromatic rings. The molecule has 72 valence electrons. The SMILES string of the molecule is N#CC1(CCC(F)(F)F)CC(=O)C1. The molecule has 1 saturated carbocycles. The maximum atomic E-state index is 11.8. The Labute approximate surface area is 73.3 Å². The summed E-state index contributed by atoms with van der Waals surface area (Å²) in [6.07, 6.45) is -5.49. The lowest BCUT2D eigenvalue weighted by molar-refractivity contribution is -0.147. The van der Waals surface area contributed by atoms with Gasteiger partial charge in [0.05, 0.1) is 11.5 Å². The molecule has 0 spiro atoms. The van der Waals surface area contributed by atoms with Gasteiger partial charge in [-0.15, -0.1) is 0 Å². The Morgan fingerprint density at radius 3 is 2.31 bits per heavy atom. The first kappa shape index (κ1) is 10.0. The molecule has 1 aliphatic carbocycles. The van der Waals surface area contributed by atoms with Crippen molar-refractivity contribution in [2.24, 2.45) is 5.41 Å². The molecule has 0 amide bonds. The second-order valence-corrected chi connectivity index (χ2v) is 3.40. The van der Waals surface area contributed by atoms with Crippen LogP contribution in [0.25, 0.3) is 0 Å². The van der Waals surface area contributed by atoms with E-state index in [1.807, 2.05) is 0 Å². The highest BCUT2D eigenvalue weighted by Gasteiger charge is 2.45. The van der Waals surface area contributed by atoms with Crippen LogP contribution < -0.4 is 0 Å². The zero-order chi connectivity index (χ0) is 10.1. The van der Waals surface area contributed by atoms with Gasteiger partial charge in [-0.1, -0.05) is 0 Å². The average Bonchev–Trinajstić information content (AvgIpc) is 1.94. The van der Waals surface area contributed by atoms with Gasteiger partial charge in [0.1, 0.15) is 5.78 Å². The molecular weight excluding hydrogens is 183 g/mol. The number of carbonyl (C=O) groups is 1. The molecular formula is C8H8F3NO. The Morgan fingerprint density at radius 2 is 2.00 bits per heavy atom. The summed E-state index contributed by atoms with van der Waals surface area (Å²) in [7, 11) is 0. The summed E-state index contributed by atoms with van der Waals surface area (Å²) in [5, 5.41) is 8.58. The number of carbonyl (C=O) groups excluding carboxylic acids is 1. The lowest BCUT2D eigenvalue weighted by atomic mass is 9.66. The normalized spacial score (nSPS) is 20.6. The predicted octanol–water partition coefficient (Wildman–Crippen LogP) is 2.20. The van der Waals surface area contributed by atoms with E-state index in [0.717, 1.165) is 0 Å². The molecule has 0 atom stereocenters. The summed E-state index contributed by atoms with van der Waals surface area (Å²) in [6.45, 7) is 0. The number of nitriles is 1. The van der Waals surface area contributed by atoms with Crippen molar-refractivity contribution in [1.82, 2.24) is 0 Å². The summed E-state index contributed by atoms with van der Waals surface area (Å²) in [5.41, 5.74) is -1.02. The number of nitrogens with zero attached hydrogens (tertiary/aromatic N) is 1. The molecule has 0 heterocycles. The van der Waals surface area contributed by atoms with Gasteiger partial charge in [-0.05, 0) is 6.42 Å². The van der Waals surface area contributed by atoms with Crippen molar-refractivity contribution < 1.29 is 18.0 Å². The van der Waals surface area contributed by atoms with Crippen LogP contribution in [0.5, 0.6) is 0 Å². The fourth-order valence-electron chi connectivity index (χ4n) is 1.40. The minimum atomic E-state index is -4.23. The Balaban J connectivity index is 2.44. The van der Waals surface area contributed by atoms with E-state index in [-0.39, 0.29) is 25.0 Å². The number of hydrogen-bond donors (Lipinski definition) is 0. The van der Waals surface area contributed by atoms with Gasteiger partial charge < -0.3 is 0 Å². The monoisotopic (exact) mass is 191 g/mol. The first-order valence-electron chi connectivity index (χ1n) is 3.87. The zero-order valence-corrected chi connectivity index (χ0v) is 6.82. The summed E-state index contributed by atoms with van der Waals surface area (Å²) < 4.78 is 35.4. The third-order valence-electron chi connectivity index (χ3n) is 2.20. The van der Waals surface area contributed by atoms with E-state index >= 15 is 0 Å². The van der Waals surface area contributed by atoms with Gasteiger partial charge in [-0.25, -0.2) is 0 Å². The summed E-state index contributed by atoms with van der Waals surface area (Å²) in [6, 6.07) is 1.80. The molecule has 0 unspecified atom stereocenters. The zero-order valence-electron chi connectivity index (χ0n) is 6.82. The van der Waals surface area contributed by atoms with Crippen LogP contribution in [0.3, 0.4) is 0 Å². The first-order chi connectivity index (χ1) is 5.87. The second-order valence-electron chi connectivity index (χ2n) is 3.40. The maximum absolute atomic E-state index is 11.8. The minimum absolute atomic E-state index is 0.0143. The number of Topliss-reactive ketones (excluding diaryl/α,β-unsaturated/α-hetero) is 1. The van der Waals surface area contributed by atoms with Crippen LogP contribution in [-0.4, -0.2) is 12.0 Å². The molecule has 13 heavy (non-hydrogen) atoms. The van der Waals surface area contributed by atoms with Crippen molar-refractivity contribution in [3.05, 3.63) is 0 Å². The molecule has 0 bridgehead atoms. The van der Waals surface area contributed by atoms with Gasteiger partial charge in [0, 0.05) is 19.3 Å². The lowest BCUT2D eigenvalue weighted by Gasteiger charge is -2.33. The smallest absolute Gasteiger partial charge is 0.300 e. The Morgan fingerprint density at radius 1 is 1.46 bits per heavy atom. The third kappa shape index (κ3) is 2.44. The van der Waals surface area contributed by atoms with Crippen LogP contribution >= 0.6 is 0 Å². The van der Waals surface area contributed by atoms with Crippen molar-refractivity contribution >= 4 is 5.78 Å². The molecule has 0 saturated heterocycles. The predicted molar refractivity (Wildman–Crippen MR) is 37.6 cm³/mol. The fourth-order valence-corrected chi connectivity index (χ4v) is 1.40. The number of alkyl halides is 3. The van der Waals surface area contributed by atoms with E-state index in [1.54, 1.807) is 6.07 Å². The highest BCUT2D eigenvalue weighted by Crippen LogP contribution is 2.43. The topological polar surface area (TPSA) is 40.9 Å². The van der Waals surface area contributed by atoms with E-state index in [9.17, 15) is 18.0 Å². The molecule has 0 N–H and O–H groups in total. The first-order valence-corrected chi connectivity index (χ1v) is 3.87. The van der Waals surface area contributed by atoms with Crippen LogP contribution in [0.2, 0.25) is 0 Å².